The molecule has 2 aromatic heterocycles. The SMILES string of the molecule is Cc1nc2ccc(Cl)cn2c1CC(NC(=O)OC(C)(C)C)C(=O)O. The van der Waals surface area contributed by atoms with Gasteiger partial charge in [-0.3, -0.25) is 0 Å². The summed E-state index contributed by atoms with van der Waals surface area (Å²) in [6.45, 7) is 6.90. The lowest BCUT2D eigenvalue weighted by Gasteiger charge is -2.22. The van der Waals surface area contributed by atoms with Crippen LogP contribution in [0.5, 0.6) is 0 Å². The molecule has 0 aliphatic heterocycles. The maximum Gasteiger partial charge on any atom is 0.408 e. The Hall–Kier alpha value is -2.28. The third kappa shape index (κ3) is 4.38. The Kier molecular flexibility index (Phi) is 5.03. The fraction of sp³-hybridized carbons (Fsp3) is 0.438. The number of rotatable bonds is 4. The first-order chi connectivity index (χ1) is 11.1. The minimum Gasteiger partial charge on any atom is -0.480 e. The molecule has 0 radical (unpaired) electrons. The molecule has 24 heavy (non-hydrogen) atoms. The van der Waals surface area contributed by atoms with Crippen molar-refractivity contribution in [3.05, 3.63) is 34.7 Å². The normalized spacial score (nSPS) is 12.9. The van der Waals surface area contributed by atoms with Crippen LogP contribution in [-0.2, 0) is 16.0 Å². The van der Waals surface area contributed by atoms with E-state index in [1.165, 1.54) is 0 Å². The highest BCUT2D eigenvalue weighted by molar-refractivity contribution is 6.30. The second-order valence-electron chi connectivity index (χ2n) is 6.46. The third-order valence-electron chi connectivity index (χ3n) is 3.27. The number of alkyl carbamates (subject to hydrolysis) is 1. The molecule has 2 N–H and O–H groups in total. The van der Waals surface area contributed by atoms with Gasteiger partial charge < -0.3 is 19.6 Å². The molecule has 8 heteroatoms. The van der Waals surface area contributed by atoms with E-state index in [1.54, 1.807) is 50.4 Å². The van der Waals surface area contributed by atoms with Crippen LogP contribution in [-0.4, -0.2) is 38.2 Å². The summed E-state index contributed by atoms with van der Waals surface area (Å²) in [6, 6.07) is 2.31. The molecule has 0 aromatic carbocycles. The van der Waals surface area contributed by atoms with Gasteiger partial charge in [0.1, 0.15) is 17.3 Å². The number of amides is 1. The quantitative estimate of drug-likeness (QED) is 0.881. The lowest BCUT2D eigenvalue weighted by atomic mass is 10.1. The summed E-state index contributed by atoms with van der Waals surface area (Å²) in [5, 5.41) is 12.3. The van der Waals surface area contributed by atoms with Crippen LogP contribution in [0.15, 0.2) is 18.3 Å². The predicted octanol–water partition coefficient (Wildman–Crippen LogP) is 2.82. The molecule has 0 aliphatic rings. The topological polar surface area (TPSA) is 92.9 Å². The number of aryl methyl sites for hydroxylation is 1. The first-order valence-corrected chi connectivity index (χ1v) is 7.80. The van der Waals surface area contributed by atoms with Gasteiger partial charge in [0.25, 0.3) is 0 Å². The van der Waals surface area contributed by atoms with Gasteiger partial charge in [-0.2, -0.15) is 0 Å². The van der Waals surface area contributed by atoms with Crippen molar-refractivity contribution >= 4 is 29.3 Å². The van der Waals surface area contributed by atoms with Gasteiger partial charge in [0, 0.05) is 18.3 Å². The zero-order valence-electron chi connectivity index (χ0n) is 14.0. The average molecular weight is 354 g/mol. The maximum absolute atomic E-state index is 11.9. The number of nitrogens with one attached hydrogen (secondary N) is 1. The highest BCUT2D eigenvalue weighted by atomic mass is 35.5. The zero-order chi connectivity index (χ0) is 18.1. The van der Waals surface area contributed by atoms with Gasteiger partial charge in [-0.1, -0.05) is 11.6 Å². The van der Waals surface area contributed by atoms with Gasteiger partial charge in [0.15, 0.2) is 0 Å². The number of halogens is 1. The Labute approximate surface area is 144 Å². The minimum absolute atomic E-state index is 0.0575. The van der Waals surface area contributed by atoms with E-state index in [0.29, 0.717) is 22.1 Å². The molecule has 0 bridgehead atoms. The number of hydrogen-bond donors (Lipinski definition) is 2. The monoisotopic (exact) mass is 353 g/mol. The van der Waals surface area contributed by atoms with Gasteiger partial charge in [-0.25, -0.2) is 14.6 Å². The van der Waals surface area contributed by atoms with E-state index in [-0.39, 0.29) is 6.42 Å². The number of aliphatic carboxylic acids is 1. The van der Waals surface area contributed by atoms with Crippen molar-refractivity contribution in [1.82, 2.24) is 14.7 Å². The molecule has 0 saturated heterocycles. The third-order valence-corrected chi connectivity index (χ3v) is 3.49. The Morgan fingerprint density at radius 3 is 2.67 bits per heavy atom. The largest absolute Gasteiger partial charge is 0.480 e. The lowest BCUT2D eigenvalue weighted by Crippen LogP contribution is -2.45. The Morgan fingerprint density at radius 2 is 2.08 bits per heavy atom. The molecule has 0 saturated carbocycles. The van der Waals surface area contributed by atoms with Gasteiger partial charge in [0.05, 0.1) is 10.7 Å². The molecule has 2 heterocycles. The number of nitrogens with zero attached hydrogens (tertiary/aromatic N) is 2. The van der Waals surface area contributed by atoms with Crippen molar-refractivity contribution in [1.29, 1.82) is 0 Å². The van der Waals surface area contributed by atoms with Crippen molar-refractivity contribution in [3.8, 4) is 0 Å². The van der Waals surface area contributed by atoms with Gasteiger partial charge >= 0.3 is 12.1 Å². The van der Waals surface area contributed by atoms with Crippen LogP contribution in [0, 0.1) is 6.92 Å². The molecule has 1 unspecified atom stereocenters. The van der Waals surface area contributed by atoms with Gasteiger partial charge in [0.2, 0.25) is 0 Å². The van der Waals surface area contributed by atoms with E-state index >= 15 is 0 Å². The van der Waals surface area contributed by atoms with Crippen LogP contribution in [0.25, 0.3) is 5.65 Å². The van der Waals surface area contributed by atoms with E-state index in [0.717, 1.165) is 0 Å². The summed E-state index contributed by atoms with van der Waals surface area (Å²) in [7, 11) is 0. The molecular weight excluding hydrogens is 334 g/mol. The van der Waals surface area contributed by atoms with E-state index in [1.807, 2.05) is 0 Å². The molecule has 0 spiro atoms. The minimum atomic E-state index is -1.16. The fourth-order valence-electron chi connectivity index (χ4n) is 2.27. The molecule has 1 atom stereocenters. The Bertz CT molecular complexity index is 779. The highest BCUT2D eigenvalue weighted by Crippen LogP contribution is 2.18. The molecule has 0 aliphatic carbocycles. The lowest BCUT2D eigenvalue weighted by molar-refractivity contribution is -0.139. The number of ether oxygens (including phenoxy) is 1. The van der Waals surface area contributed by atoms with E-state index in [4.69, 9.17) is 16.3 Å². The number of carboxylic acids is 1. The summed E-state index contributed by atoms with van der Waals surface area (Å²) in [6.07, 6.45) is 0.944. The van der Waals surface area contributed by atoms with Crippen molar-refractivity contribution < 1.29 is 19.4 Å². The summed E-state index contributed by atoms with van der Waals surface area (Å²) in [4.78, 5) is 27.8. The van der Waals surface area contributed by atoms with Crippen molar-refractivity contribution in [3.63, 3.8) is 0 Å². The van der Waals surface area contributed by atoms with Gasteiger partial charge in [-0.15, -0.1) is 0 Å². The smallest absolute Gasteiger partial charge is 0.408 e. The second-order valence-corrected chi connectivity index (χ2v) is 6.90. The fourth-order valence-corrected chi connectivity index (χ4v) is 2.43. The van der Waals surface area contributed by atoms with Gasteiger partial charge in [-0.05, 0) is 39.8 Å². The molecular formula is C16H20ClN3O4. The van der Waals surface area contributed by atoms with Crippen molar-refractivity contribution in [2.24, 2.45) is 0 Å². The summed E-state index contributed by atoms with van der Waals surface area (Å²) < 4.78 is 6.84. The van der Waals surface area contributed by atoms with Crippen molar-refractivity contribution in [2.75, 3.05) is 0 Å². The van der Waals surface area contributed by atoms with Crippen LogP contribution in [0.4, 0.5) is 4.79 Å². The molecule has 2 rings (SSSR count). The van der Waals surface area contributed by atoms with E-state index in [2.05, 4.69) is 10.3 Å². The number of carbonyl (C=O) groups is 2. The Balaban J connectivity index is 2.25. The van der Waals surface area contributed by atoms with Crippen molar-refractivity contribution in [2.45, 2.75) is 45.8 Å². The summed E-state index contributed by atoms with van der Waals surface area (Å²) >= 11 is 6.00. The maximum atomic E-state index is 11.9. The zero-order valence-corrected chi connectivity index (χ0v) is 14.7. The second kappa shape index (κ2) is 6.68. The van der Waals surface area contributed by atoms with E-state index in [9.17, 15) is 14.7 Å². The first kappa shape index (κ1) is 18.1. The van der Waals surface area contributed by atoms with Crippen LogP contribution >= 0.6 is 11.6 Å². The number of pyridine rings is 1. The molecule has 1 amide bonds. The molecule has 2 aromatic rings. The number of fused-ring (bicyclic) bond motifs is 1. The predicted molar refractivity (Wildman–Crippen MR) is 89.4 cm³/mol. The van der Waals surface area contributed by atoms with E-state index < -0.39 is 23.7 Å². The molecule has 130 valence electrons. The highest BCUT2D eigenvalue weighted by Gasteiger charge is 2.26. The number of carbonyl (C=O) groups excluding carboxylic acids is 1. The number of carboxylic acid groups (broad SMARTS) is 1. The number of imidazole rings is 1. The number of hydrogen-bond acceptors (Lipinski definition) is 4. The first-order valence-electron chi connectivity index (χ1n) is 7.42. The Morgan fingerprint density at radius 1 is 1.42 bits per heavy atom. The molecule has 0 fully saturated rings. The number of aromatic nitrogens is 2. The standard InChI is InChI=1S/C16H20ClN3O4/c1-9-12(20-8-10(17)5-6-13(20)18-9)7-11(14(21)22)19-15(23)24-16(2,3)4/h5-6,8,11H,7H2,1-4H3,(H,19,23)(H,21,22). The molecule has 7 nitrogen and oxygen atoms in total. The summed E-state index contributed by atoms with van der Waals surface area (Å²) in [5.41, 5.74) is 1.29. The average Bonchev–Trinajstić information content (AvgIpc) is 2.72. The van der Waals surface area contributed by atoms with Crippen LogP contribution in [0.1, 0.15) is 32.2 Å². The summed E-state index contributed by atoms with van der Waals surface area (Å²) in [5.74, 6) is -1.16. The van der Waals surface area contributed by atoms with Crippen LogP contribution in [0.3, 0.4) is 0 Å². The van der Waals surface area contributed by atoms with Crippen LogP contribution in [0.2, 0.25) is 5.02 Å². The van der Waals surface area contributed by atoms with Crippen LogP contribution < -0.4 is 5.32 Å².